The Labute approximate surface area is 143 Å². The molecule has 0 fully saturated rings. The summed E-state index contributed by atoms with van der Waals surface area (Å²) in [5.41, 5.74) is 4.61. The zero-order valence-electron chi connectivity index (χ0n) is 14.3. The number of amides is 1. The van der Waals surface area contributed by atoms with Crippen molar-refractivity contribution in [3.63, 3.8) is 0 Å². The molecule has 1 atom stereocenters. The van der Waals surface area contributed by atoms with Crippen LogP contribution in [0, 0.1) is 6.92 Å². The molecule has 0 spiro atoms. The molecule has 0 saturated heterocycles. The van der Waals surface area contributed by atoms with Gasteiger partial charge in [0.25, 0.3) is 0 Å². The maximum absolute atomic E-state index is 12.2. The Balaban J connectivity index is 1.59. The predicted molar refractivity (Wildman–Crippen MR) is 94.4 cm³/mol. The Hall–Kier alpha value is -2.36. The van der Waals surface area contributed by atoms with Gasteiger partial charge in [-0.3, -0.25) is 9.78 Å². The normalized spacial score (nSPS) is 16.3. The van der Waals surface area contributed by atoms with Crippen LogP contribution in [-0.4, -0.2) is 24.5 Å². The summed E-state index contributed by atoms with van der Waals surface area (Å²) in [6.45, 7) is 2.64. The van der Waals surface area contributed by atoms with E-state index in [0.717, 1.165) is 36.3 Å². The molecule has 1 amide bonds. The largest absolute Gasteiger partial charge is 0.497 e. The van der Waals surface area contributed by atoms with Gasteiger partial charge >= 0.3 is 0 Å². The topological polar surface area (TPSA) is 51.2 Å². The molecule has 0 saturated carbocycles. The monoisotopic (exact) mass is 324 g/mol. The third-order valence-electron chi connectivity index (χ3n) is 4.67. The summed E-state index contributed by atoms with van der Waals surface area (Å²) in [6, 6.07) is 10.2. The van der Waals surface area contributed by atoms with Crippen LogP contribution in [0.5, 0.6) is 5.75 Å². The van der Waals surface area contributed by atoms with Gasteiger partial charge in [-0.05, 0) is 61.1 Å². The van der Waals surface area contributed by atoms with E-state index in [9.17, 15) is 4.79 Å². The number of aryl methyl sites for hydroxylation is 2. The van der Waals surface area contributed by atoms with E-state index in [-0.39, 0.29) is 5.91 Å². The second-order valence-electron chi connectivity index (χ2n) is 6.44. The molecule has 2 aromatic rings. The summed E-state index contributed by atoms with van der Waals surface area (Å²) >= 11 is 0. The number of hydrogen-bond acceptors (Lipinski definition) is 3. The van der Waals surface area contributed by atoms with Crippen molar-refractivity contribution in [2.45, 2.75) is 38.5 Å². The lowest BCUT2D eigenvalue weighted by molar-refractivity contribution is -0.120. The summed E-state index contributed by atoms with van der Waals surface area (Å²) in [5, 5.41) is 3.09. The second-order valence-corrected chi connectivity index (χ2v) is 6.44. The summed E-state index contributed by atoms with van der Waals surface area (Å²) in [5.74, 6) is 1.35. The number of carbonyl (C=O) groups is 1. The SMILES string of the molecule is COc1ccc2c(c1)CCCC2CNC(=O)Cc1ccc(C)nc1. The highest BCUT2D eigenvalue weighted by atomic mass is 16.5. The minimum atomic E-state index is 0.0567. The number of pyridine rings is 1. The van der Waals surface area contributed by atoms with Crippen molar-refractivity contribution >= 4 is 5.91 Å². The molecule has 3 rings (SSSR count). The van der Waals surface area contributed by atoms with E-state index in [1.165, 1.54) is 11.1 Å². The number of hydrogen-bond donors (Lipinski definition) is 1. The van der Waals surface area contributed by atoms with E-state index in [0.29, 0.717) is 18.9 Å². The van der Waals surface area contributed by atoms with Crippen molar-refractivity contribution in [2.24, 2.45) is 0 Å². The minimum absolute atomic E-state index is 0.0567. The van der Waals surface area contributed by atoms with Crippen LogP contribution in [0.3, 0.4) is 0 Å². The summed E-state index contributed by atoms with van der Waals surface area (Å²) in [6.07, 6.45) is 5.52. The lowest BCUT2D eigenvalue weighted by Crippen LogP contribution is -2.31. The molecule has 1 aliphatic carbocycles. The van der Waals surface area contributed by atoms with E-state index in [1.54, 1.807) is 13.3 Å². The molecule has 1 aromatic carbocycles. The Morgan fingerprint density at radius 2 is 2.21 bits per heavy atom. The number of rotatable bonds is 5. The van der Waals surface area contributed by atoms with Gasteiger partial charge in [0, 0.05) is 24.4 Å². The maximum atomic E-state index is 12.2. The van der Waals surface area contributed by atoms with Gasteiger partial charge in [0.2, 0.25) is 5.91 Å². The number of nitrogens with one attached hydrogen (secondary N) is 1. The van der Waals surface area contributed by atoms with Crippen LogP contribution < -0.4 is 10.1 Å². The number of benzene rings is 1. The Morgan fingerprint density at radius 3 is 2.96 bits per heavy atom. The van der Waals surface area contributed by atoms with E-state index in [2.05, 4.69) is 22.4 Å². The first-order valence-electron chi connectivity index (χ1n) is 8.51. The molecule has 0 bridgehead atoms. The van der Waals surface area contributed by atoms with Crippen LogP contribution in [0.1, 0.15) is 41.1 Å². The van der Waals surface area contributed by atoms with Gasteiger partial charge in [-0.15, -0.1) is 0 Å². The molecular weight excluding hydrogens is 300 g/mol. The summed E-state index contributed by atoms with van der Waals surface area (Å²) < 4.78 is 5.31. The van der Waals surface area contributed by atoms with Crippen LogP contribution in [0.4, 0.5) is 0 Å². The molecule has 1 N–H and O–H groups in total. The zero-order chi connectivity index (χ0) is 16.9. The molecule has 0 radical (unpaired) electrons. The van der Waals surface area contributed by atoms with E-state index in [1.807, 2.05) is 25.1 Å². The number of fused-ring (bicyclic) bond motifs is 1. The van der Waals surface area contributed by atoms with Crippen molar-refractivity contribution in [1.82, 2.24) is 10.3 Å². The zero-order valence-corrected chi connectivity index (χ0v) is 14.3. The van der Waals surface area contributed by atoms with Gasteiger partial charge in [-0.25, -0.2) is 0 Å². The van der Waals surface area contributed by atoms with Crippen molar-refractivity contribution in [2.75, 3.05) is 13.7 Å². The minimum Gasteiger partial charge on any atom is -0.497 e. The molecule has 1 aromatic heterocycles. The van der Waals surface area contributed by atoms with Crippen molar-refractivity contribution in [3.8, 4) is 5.75 Å². The van der Waals surface area contributed by atoms with Crippen LogP contribution in [0.2, 0.25) is 0 Å². The average molecular weight is 324 g/mol. The summed E-state index contributed by atoms with van der Waals surface area (Å²) in [4.78, 5) is 16.4. The highest BCUT2D eigenvalue weighted by Gasteiger charge is 2.21. The molecular formula is C20H24N2O2. The first-order chi connectivity index (χ1) is 11.7. The molecule has 1 heterocycles. The van der Waals surface area contributed by atoms with Crippen molar-refractivity contribution < 1.29 is 9.53 Å². The van der Waals surface area contributed by atoms with E-state index in [4.69, 9.17) is 4.74 Å². The standard InChI is InChI=1S/C20H24N2O2/c1-14-6-7-15(12-21-14)10-20(23)22-13-17-5-3-4-16-11-18(24-2)8-9-19(16)17/h6-9,11-12,17H,3-5,10,13H2,1-2H3,(H,22,23). The first-order valence-corrected chi connectivity index (χ1v) is 8.51. The smallest absolute Gasteiger partial charge is 0.224 e. The highest BCUT2D eigenvalue weighted by Crippen LogP contribution is 2.33. The number of aromatic nitrogens is 1. The number of methoxy groups -OCH3 is 1. The third-order valence-corrected chi connectivity index (χ3v) is 4.67. The molecule has 126 valence electrons. The Morgan fingerprint density at radius 1 is 1.33 bits per heavy atom. The molecule has 1 unspecified atom stereocenters. The van der Waals surface area contributed by atoms with Crippen molar-refractivity contribution in [3.05, 3.63) is 58.9 Å². The Kier molecular flexibility index (Phi) is 5.14. The van der Waals surface area contributed by atoms with Gasteiger partial charge in [0.1, 0.15) is 5.75 Å². The highest BCUT2D eigenvalue weighted by molar-refractivity contribution is 5.78. The maximum Gasteiger partial charge on any atom is 0.224 e. The second kappa shape index (κ2) is 7.47. The molecule has 4 heteroatoms. The quantitative estimate of drug-likeness (QED) is 0.919. The molecule has 4 nitrogen and oxygen atoms in total. The fourth-order valence-electron chi connectivity index (χ4n) is 3.32. The van der Waals surface area contributed by atoms with Crippen molar-refractivity contribution in [1.29, 1.82) is 0 Å². The van der Waals surface area contributed by atoms with Gasteiger partial charge in [0.05, 0.1) is 13.5 Å². The lowest BCUT2D eigenvalue weighted by atomic mass is 9.82. The van der Waals surface area contributed by atoms with Crippen LogP contribution in [-0.2, 0) is 17.6 Å². The fraction of sp³-hybridized carbons (Fsp3) is 0.400. The molecule has 1 aliphatic rings. The summed E-state index contributed by atoms with van der Waals surface area (Å²) in [7, 11) is 1.70. The van der Waals surface area contributed by atoms with E-state index < -0.39 is 0 Å². The molecule has 0 aliphatic heterocycles. The lowest BCUT2D eigenvalue weighted by Gasteiger charge is -2.26. The first kappa shape index (κ1) is 16.5. The number of ether oxygens (including phenoxy) is 1. The molecule has 24 heavy (non-hydrogen) atoms. The van der Waals surface area contributed by atoms with Crippen LogP contribution in [0.15, 0.2) is 36.5 Å². The third kappa shape index (κ3) is 3.94. The van der Waals surface area contributed by atoms with Gasteiger partial charge in [-0.2, -0.15) is 0 Å². The van der Waals surface area contributed by atoms with Crippen LogP contribution in [0.25, 0.3) is 0 Å². The van der Waals surface area contributed by atoms with Gasteiger partial charge in [0.15, 0.2) is 0 Å². The van der Waals surface area contributed by atoms with Crippen LogP contribution >= 0.6 is 0 Å². The Bertz CT molecular complexity index is 710. The average Bonchev–Trinajstić information content (AvgIpc) is 2.61. The predicted octanol–water partition coefficient (Wildman–Crippen LogP) is 3.18. The van der Waals surface area contributed by atoms with Gasteiger partial charge < -0.3 is 10.1 Å². The van der Waals surface area contributed by atoms with E-state index >= 15 is 0 Å². The number of carbonyl (C=O) groups excluding carboxylic acids is 1. The van der Waals surface area contributed by atoms with Gasteiger partial charge in [-0.1, -0.05) is 12.1 Å². The number of nitrogens with zero attached hydrogens (tertiary/aromatic N) is 1. The fourth-order valence-corrected chi connectivity index (χ4v) is 3.32.